The molecule has 1 saturated heterocycles. The Hall–Kier alpha value is -0.240. The molecule has 0 bridgehead atoms. The van der Waals surface area contributed by atoms with Gasteiger partial charge in [0.1, 0.15) is 6.10 Å². The van der Waals surface area contributed by atoms with E-state index in [9.17, 15) is 0 Å². The summed E-state index contributed by atoms with van der Waals surface area (Å²) in [6.07, 6.45) is 5.00. The molecule has 0 aromatic carbocycles. The van der Waals surface area contributed by atoms with Crippen LogP contribution < -0.4 is 0 Å². The van der Waals surface area contributed by atoms with E-state index in [0.717, 1.165) is 39.3 Å². The second-order valence-electron chi connectivity index (χ2n) is 5.27. The van der Waals surface area contributed by atoms with Crippen molar-refractivity contribution in [2.24, 2.45) is 0 Å². The third kappa shape index (κ3) is 14.7. The van der Waals surface area contributed by atoms with Crippen LogP contribution in [0.1, 0.15) is 25.7 Å². The average Bonchev–Trinajstić information content (AvgIpc) is 3.34. The Morgan fingerprint density at radius 1 is 0.682 bits per heavy atom. The Kier molecular flexibility index (Phi) is 14.1. The first-order valence-electron chi connectivity index (χ1n) is 8.35. The van der Waals surface area contributed by atoms with Crippen LogP contribution in [-0.2, 0) is 28.4 Å². The topological polar surface area (TPSA) is 58.7 Å². The predicted octanol–water partition coefficient (Wildman–Crippen LogP) is 1.66. The number of rotatable bonds is 18. The first kappa shape index (κ1) is 19.8. The van der Waals surface area contributed by atoms with Crippen molar-refractivity contribution >= 4 is 0 Å². The van der Waals surface area contributed by atoms with E-state index in [0.29, 0.717) is 45.7 Å². The molecular formula is C16H32O6. The van der Waals surface area contributed by atoms with Crippen LogP contribution in [0.4, 0.5) is 0 Å². The lowest BCUT2D eigenvalue weighted by molar-refractivity contribution is 0.00319. The lowest BCUT2D eigenvalue weighted by Crippen LogP contribution is -2.11. The molecule has 1 aliphatic heterocycles. The molecule has 1 rings (SSSR count). The van der Waals surface area contributed by atoms with Crippen LogP contribution in [0, 0.1) is 0 Å². The van der Waals surface area contributed by atoms with E-state index >= 15 is 0 Å². The normalized spacial score (nSPS) is 17.0. The fourth-order valence-electron chi connectivity index (χ4n) is 1.82. The number of hydrogen-bond donors (Lipinski definition) is 0. The second kappa shape index (κ2) is 15.6. The van der Waals surface area contributed by atoms with E-state index in [4.69, 9.17) is 28.4 Å². The summed E-state index contributed by atoms with van der Waals surface area (Å²) < 4.78 is 31.6. The molecule has 0 radical (unpaired) electrons. The maximum atomic E-state index is 5.51. The molecule has 0 saturated carbocycles. The van der Waals surface area contributed by atoms with E-state index in [1.165, 1.54) is 12.8 Å². The van der Waals surface area contributed by atoms with Gasteiger partial charge in [-0.2, -0.15) is 0 Å². The maximum absolute atomic E-state index is 5.51. The lowest BCUT2D eigenvalue weighted by atomic mass is 10.2. The Labute approximate surface area is 134 Å². The molecule has 0 aromatic heterocycles. The zero-order valence-corrected chi connectivity index (χ0v) is 13.9. The highest BCUT2D eigenvalue weighted by Crippen LogP contribution is 2.09. The summed E-state index contributed by atoms with van der Waals surface area (Å²) >= 11 is 0. The summed E-state index contributed by atoms with van der Waals surface area (Å²) in [5.74, 6) is 0. The first-order chi connectivity index (χ1) is 10.9. The highest BCUT2D eigenvalue weighted by atomic mass is 16.6. The largest absolute Gasteiger partial charge is 0.382 e. The SMILES string of the molecule is COCCOCCOCCOCCCCCCOCC1CO1. The molecule has 6 heteroatoms. The van der Waals surface area contributed by atoms with Crippen molar-refractivity contribution in [3.05, 3.63) is 0 Å². The quantitative estimate of drug-likeness (QED) is 0.283. The summed E-state index contributed by atoms with van der Waals surface area (Å²) in [5, 5.41) is 0. The molecule has 132 valence electrons. The Bertz CT molecular complexity index is 223. The summed E-state index contributed by atoms with van der Waals surface area (Å²) in [4.78, 5) is 0. The minimum absolute atomic E-state index is 0.382. The van der Waals surface area contributed by atoms with Gasteiger partial charge in [-0.05, 0) is 12.8 Å². The smallest absolute Gasteiger partial charge is 0.104 e. The van der Waals surface area contributed by atoms with E-state index in [2.05, 4.69) is 0 Å². The second-order valence-corrected chi connectivity index (χ2v) is 5.27. The molecule has 1 fully saturated rings. The number of unbranched alkanes of at least 4 members (excludes halogenated alkanes) is 3. The highest BCUT2D eigenvalue weighted by molar-refractivity contribution is 4.66. The van der Waals surface area contributed by atoms with Crippen LogP contribution in [0.15, 0.2) is 0 Å². The Morgan fingerprint density at radius 2 is 1.18 bits per heavy atom. The molecule has 0 spiro atoms. The standard InChI is InChI=1S/C16H32O6/c1-17-8-9-19-12-13-20-11-10-18-6-4-2-3-5-7-21-14-16-15-22-16/h16H,2-15H2,1H3. The molecule has 22 heavy (non-hydrogen) atoms. The van der Waals surface area contributed by atoms with Gasteiger partial charge in [0, 0.05) is 20.3 Å². The number of ether oxygens (including phenoxy) is 6. The molecule has 1 aliphatic rings. The minimum atomic E-state index is 0.382. The summed E-state index contributed by atoms with van der Waals surface area (Å²) in [5.41, 5.74) is 0. The van der Waals surface area contributed by atoms with Crippen molar-refractivity contribution in [1.82, 2.24) is 0 Å². The van der Waals surface area contributed by atoms with Crippen LogP contribution in [-0.4, -0.2) is 79.3 Å². The highest BCUT2D eigenvalue weighted by Gasteiger charge is 2.21. The van der Waals surface area contributed by atoms with E-state index in [1.54, 1.807) is 7.11 Å². The monoisotopic (exact) mass is 320 g/mol. The van der Waals surface area contributed by atoms with Gasteiger partial charge in [0.25, 0.3) is 0 Å². The average molecular weight is 320 g/mol. The first-order valence-corrected chi connectivity index (χ1v) is 8.35. The van der Waals surface area contributed by atoms with E-state index in [-0.39, 0.29) is 0 Å². The van der Waals surface area contributed by atoms with E-state index in [1.807, 2.05) is 0 Å². The fraction of sp³-hybridized carbons (Fsp3) is 1.00. The zero-order chi connectivity index (χ0) is 15.7. The molecule has 0 aromatic rings. The third-order valence-electron chi connectivity index (χ3n) is 3.21. The summed E-state index contributed by atoms with van der Waals surface area (Å²) in [7, 11) is 1.66. The van der Waals surface area contributed by atoms with Crippen LogP contribution in [0.5, 0.6) is 0 Å². The summed E-state index contributed by atoms with van der Waals surface area (Å²) in [6.45, 7) is 7.05. The fourth-order valence-corrected chi connectivity index (χ4v) is 1.82. The van der Waals surface area contributed by atoms with Crippen LogP contribution in [0.2, 0.25) is 0 Å². The molecular weight excluding hydrogens is 288 g/mol. The maximum Gasteiger partial charge on any atom is 0.104 e. The number of hydrogen-bond acceptors (Lipinski definition) is 6. The number of epoxide rings is 1. The molecule has 0 aliphatic carbocycles. The number of methoxy groups -OCH3 is 1. The predicted molar refractivity (Wildman–Crippen MR) is 83.4 cm³/mol. The van der Waals surface area contributed by atoms with Crippen molar-refractivity contribution < 1.29 is 28.4 Å². The Morgan fingerprint density at radius 3 is 1.73 bits per heavy atom. The summed E-state index contributed by atoms with van der Waals surface area (Å²) in [6, 6.07) is 0. The van der Waals surface area contributed by atoms with Crippen LogP contribution >= 0.6 is 0 Å². The van der Waals surface area contributed by atoms with E-state index < -0.39 is 0 Å². The van der Waals surface area contributed by atoms with Gasteiger partial charge in [-0.1, -0.05) is 12.8 Å². The van der Waals surface area contributed by atoms with Gasteiger partial charge < -0.3 is 28.4 Å². The van der Waals surface area contributed by atoms with Crippen molar-refractivity contribution in [3.63, 3.8) is 0 Å². The van der Waals surface area contributed by atoms with Gasteiger partial charge in [0.05, 0.1) is 52.9 Å². The molecule has 0 amide bonds. The molecule has 1 heterocycles. The van der Waals surface area contributed by atoms with Gasteiger partial charge >= 0.3 is 0 Å². The van der Waals surface area contributed by atoms with Gasteiger partial charge in [0.2, 0.25) is 0 Å². The molecule has 0 N–H and O–H groups in total. The Balaban J connectivity index is 1.59. The van der Waals surface area contributed by atoms with Gasteiger partial charge in [-0.15, -0.1) is 0 Å². The van der Waals surface area contributed by atoms with Crippen molar-refractivity contribution in [2.75, 3.05) is 73.2 Å². The van der Waals surface area contributed by atoms with Gasteiger partial charge in [-0.3, -0.25) is 0 Å². The molecule has 6 nitrogen and oxygen atoms in total. The van der Waals surface area contributed by atoms with Crippen molar-refractivity contribution in [2.45, 2.75) is 31.8 Å². The van der Waals surface area contributed by atoms with Crippen molar-refractivity contribution in [1.29, 1.82) is 0 Å². The van der Waals surface area contributed by atoms with Crippen molar-refractivity contribution in [3.8, 4) is 0 Å². The van der Waals surface area contributed by atoms with Gasteiger partial charge in [-0.25, -0.2) is 0 Å². The minimum Gasteiger partial charge on any atom is -0.382 e. The molecule has 1 unspecified atom stereocenters. The lowest BCUT2D eigenvalue weighted by Gasteiger charge is -2.07. The third-order valence-corrected chi connectivity index (χ3v) is 3.21. The zero-order valence-electron chi connectivity index (χ0n) is 13.9. The van der Waals surface area contributed by atoms with Crippen LogP contribution in [0.25, 0.3) is 0 Å². The molecule has 1 atom stereocenters. The van der Waals surface area contributed by atoms with Gasteiger partial charge in [0.15, 0.2) is 0 Å². The van der Waals surface area contributed by atoms with Crippen LogP contribution in [0.3, 0.4) is 0 Å².